The summed E-state index contributed by atoms with van der Waals surface area (Å²) in [6, 6.07) is 3.54. The van der Waals surface area contributed by atoms with E-state index in [4.69, 9.17) is 10.8 Å². The van der Waals surface area contributed by atoms with Crippen LogP contribution >= 0.6 is 0 Å². The summed E-state index contributed by atoms with van der Waals surface area (Å²) in [5, 5.41) is 25.2. The minimum atomic E-state index is -1.88. The van der Waals surface area contributed by atoms with Crippen molar-refractivity contribution in [3.05, 3.63) is 35.9 Å². The Balaban J connectivity index is 2.83. The van der Waals surface area contributed by atoms with Gasteiger partial charge in [-0.1, -0.05) is 30.3 Å². The zero-order chi connectivity index (χ0) is 26.8. The van der Waals surface area contributed by atoms with Crippen molar-refractivity contribution in [2.45, 2.75) is 76.3 Å². The van der Waals surface area contributed by atoms with E-state index < -0.39 is 65.9 Å². The lowest BCUT2D eigenvalue weighted by molar-refractivity contribution is -0.142. The van der Waals surface area contributed by atoms with Crippen LogP contribution in [0, 0.1) is 0 Å². The minimum absolute atomic E-state index is 0.0194. The van der Waals surface area contributed by atoms with E-state index in [0.29, 0.717) is 5.56 Å². The third kappa shape index (κ3) is 11.4. The van der Waals surface area contributed by atoms with Crippen LogP contribution in [0.5, 0.6) is 0 Å². The quantitative estimate of drug-likeness (QED) is 0.210. The predicted octanol–water partition coefficient (Wildman–Crippen LogP) is 0.118. The Bertz CT molecular complexity index is 905. The lowest BCUT2D eigenvalue weighted by Gasteiger charge is -2.26. The Morgan fingerprint density at radius 1 is 0.943 bits per heavy atom. The molecule has 0 aliphatic rings. The molecule has 4 atom stereocenters. The maximum absolute atomic E-state index is 14.3. The van der Waals surface area contributed by atoms with Crippen LogP contribution in [0.2, 0.25) is 0 Å². The van der Waals surface area contributed by atoms with Crippen molar-refractivity contribution in [1.29, 1.82) is 0 Å². The predicted molar refractivity (Wildman–Crippen MR) is 124 cm³/mol. The van der Waals surface area contributed by atoms with Gasteiger partial charge in [0.1, 0.15) is 23.8 Å². The molecule has 0 radical (unpaired) electrons. The minimum Gasteiger partial charge on any atom is -0.481 e. The van der Waals surface area contributed by atoms with Crippen LogP contribution in [0.3, 0.4) is 0 Å². The van der Waals surface area contributed by atoms with E-state index in [1.165, 1.54) is 20.8 Å². The molecule has 11 nitrogen and oxygen atoms in total. The van der Waals surface area contributed by atoms with Gasteiger partial charge in [0.05, 0.1) is 6.04 Å². The Hall–Kier alpha value is -3.54. The molecule has 0 aromatic heterocycles. The second-order valence-corrected chi connectivity index (χ2v) is 8.84. The lowest BCUT2D eigenvalue weighted by Crippen LogP contribution is -2.57. The van der Waals surface area contributed by atoms with E-state index in [1.54, 1.807) is 30.3 Å². The molecule has 194 valence electrons. The van der Waals surface area contributed by atoms with Crippen molar-refractivity contribution in [3.63, 3.8) is 0 Å². The molecule has 0 heterocycles. The average Bonchev–Trinajstić information content (AvgIpc) is 2.75. The third-order valence-corrected chi connectivity index (χ3v) is 4.98. The molecule has 0 bridgehead atoms. The molecule has 0 spiro atoms. The Morgan fingerprint density at radius 3 is 2.03 bits per heavy atom. The van der Waals surface area contributed by atoms with E-state index in [2.05, 4.69) is 16.0 Å². The van der Waals surface area contributed by atoms with Crippen molar-refractivity contribution in [2.75, 3.05) is 0 Å². The molecule has 1 aromatic rings. The molecule has 0 aliphatic carbocycles. The largest absolute Gasteiger partial charge is 0.481 e. The number of carboxylic acids is 2. The monoisotopic (exact) mass is 495 g/mol. The first-order chi connectivity index (χ1) is 16.2. The zero-order valence-corrected chi connectivity index (χ0v) is 19.9. The van der Waals surface area contributed by atoms with Crippen molar-refractivity contribution in [1.82, 2.24) is 16.0 Å². The van der Waals surface area contributed by atoms with Gasteiger partial charge in [-0.2, -0.15) is 0 Å². The van der Waals surface area contributed by atoms with E-state index in [9.17, 15) is 33.5 Å². The fourth-order valence-corrected chi connectivity index (χ4v) is 3.11. The van der Waals surface area contributed by atoms with Gasteiger partial charge >= 0.3 is 11.9 Å². The number of nitrogens with two attached hydrogens (primary N) is 1. The summed E-state index contributed by atoms with van der Waals surface area (Å²) in [6.45, 7) is 3.70. The summed E-state index contributed by atoms with van der Waals surface area (Å²) in [5.74, 6) is -4.93. The van der Waals surface area contributed by atoms with Gasteiger partial charge in [-0.3, -0.25) is 19.2 Å². The topological polar surface area (TPSA) is 188 Å². The van der Waals surface area contributed by atoms with E-state index in [1.807, 2.05) is 0 Å². The highest BCUT2D eigenvalue weighted by Crippen LogP contribution is 2.17. The molecule has 3 amide bonds. The second kappa shape index (κ2) is 13.4. The molecule has 0 unspecified atom stereocenters. The van der Waals surface area contributed by atoms with Gasteiger partial charge < -0.3 is 31.9 Å². The van der Waals surface area contributed by atoms with Crippen LogP contribution in [0.4, 0.5) is 4.39 Å². The molecule has 1 aromatic carbocycles. The SMILES string of the molecule is C[C@H](NC(=O)[C@H](CC(C)(C)[18F])NC(=O)[C@@H](N)CCC(=O)O)C(=O)N[C@@H](Cc1ccccc1)C(=O)O. The number of alkyl halides is 1. The number of nitrogens with one attached hydrogen (secondary N) is 3. The number of carbonyl (C=O) groups excluding carboxylic acids is 3. The normalized spacial score (nSPS) is 14.7. The standard InChI is InChI=1S/C23H33FN4O7/c1-13(19(31)27-16(22(34)35)11-14-7-5-4-6-8-14)26-21(33)17(12-23(2,3)24)28-20(32)15(25)9-10-18(29)30/h4-8,13,15-17H,9-12,25H2,1-3H3,(H,26,33)(H,27,31)(H,28,32)(H,29,30)(H,34,35)/t13-,15-,16-,17-/m0/s1/i24-1. The van der Waals surface area contributed by atoms with Gasteiger partial charge in [0.25, 0.3) is 0 Å². The van der Waals surface area contributed by atoms with Crippen molar-refractivity contribution >= 4 is 29.7 Å². The summed E-state index contributed by atoms with van der Waals surface area (Å²) < 4.78 is 14.3. The van der Waals surface area contributed by atoms with Crippen LogP contribution in [-0.2, 0) is 30.4 Å². The van der Waals surface area contributed by atoms with Crippen molar-refractivity contribution in [2.24, 2.45) is 5.73 Å². The van der Waals surface area contributed by atoms with Crippen LogP contribution < -0.4 is 21.7 Å². The maximum atomic E-state index is 14.3. The summed E-state index contributed by atoms with van der Waals surface area (Å²) in [6.07, 6.45) is -0.988. The van der Waals surface area contributed by atoms with E-state index in [0.717, 1.165) is 0 Å². The smallest absolute Gasteiger partial charge is 0.326 e. The molecule has 35 heavy (non-hydrogen) atoms. The molecule has 0 saturated heterocycles. The number of benzene rings is 1. The number of aliphatic carboxylic acids is 2. The molecule has 1 rings (SSSR count). The van der Waals surface area contributed by atoms with Crippen LogP contribution in [0.15, 0.2) is 30.3 Å². The Morgan fingerprint density at radius 2 is 1.51 bits per heavy atom. The lowest BCUT2D eigenvalue weighted by atomic mass is 9.98. The van der Waals surface area contributed by atoms with Crippen molar-refractivity contribution < 1.29 is 38.6 Å². The molecule has 0 aliphatic heterocycles. The summed E-state index contributed by atoms with van der Waals surface area (Å²) in [7, 11) is 0. The van der Waals surface area contributed by atoms with Crippen LogP contribution in [0.1, 0.15) is 45.6 Å². The Kier molecular flexibility index (Phi) is 11.3. The van der Waals surface area contributed by atoms with Crippen LogP contribution in [-0.4, -0.2) is 69.7 Å². The summed E-state index contributed by atoms with van der Waals surface area (Å²) in [4.78, 5) is 59.9. The van der Waals surface area contributed by atoms with Gasteiger partial charge in [-0.05, 0) is 32.8 Å². The fourth-order valence-electron chi connectivity index (χ4n) is 3.11. The first-order valence-corrected chi connectivity index (χ1v) is 11.0. The van der Waals surface area contributed by atoms with Gasteiger partial charge in [0, 0.05) is 19.3 Å². The summed E-state index contributed by atoms with van der Waals surface area (Å²) in [5.41, 5.74) is 4.46. The molecule has 7 N–H and O–H groups in total. The highest BCUT2D eigenvalue weighted by Gasteiger charge is 2.32. The molecule has 0 saturated carbocycles. The number of halogens is 1. The number of hydrogen-bond acceptors (Lipinski definition) is 6. The van der Waals surface area contributed by atoms with Crippen molar-refractivity contribution in [3.8, 4) is 0 Å². The van der Waals surface area contributed by atoms with Gasteiger partial charge in [-0.15, -0.1) is 0 Å². The first-order valence-electron chi connectivity index (χ1n) is 11.0. The number of hydrogen-bond donors (Lipinski definition) is 6. The number of carbonyl (C=O) groups is 5. The van der Waals surface area contributed by atoms with Gasteiger partial charge in [-0.25, -0.2) is 9.18 Å². The molecular weight excluding hydrogens is 462 g/mol. The zero-order valence-electron chi connectivity index (χ0n) is 19.9. The highest BCUT2D eigenvalue weighted by molar-refractivity contribution is 5.94. The average molecular weight is 496 g/mol. The molecule has 0 fully saturated rings. The first kappa shape index (κ1) is 29.5. The Labute approximate surface area is 202 Å². The molecule has 12 heteroatoms. The second-order valence-electron chi connectivity index (χ2n) is 8.84. The summed E-state index contributed by atoms with van der Waals surface area (Å²) >= 11 is 0. The van der Waals surface area contributed by atoms with E-state index in [-0.39, 0.29) is 19.3 Å². The number of carboxylic acid groups (broad SMARTS) is 2. The highest BCUT2D eigenvalue weighted by atomic mass is 18.2. The van der Waals surface area contributed by atoms with Crippen LogP contribution in [0.25, 0.3) is 0 Å². The van der Waals surface area contributed by atoms with E-state index >= 15 is 0 Å². The van der Waals surface area contributed by atoms with Gasteiger partial charge in [0.15, 0.2) is 0 Å². The third-order valence-electron chi connectivity index (χ3n) is 4.98. The maximum Gasteiger partial charge on any atom is 0.326 e. The van der Waals surface area contributed by atoms with Gasteiger partial charge in [0.2, 0.25) is 17.7 Å². The number of rotatable bonds is 14. The fraction of sp³-hybridized carbons (Fsp3) is 0.522. The molecular formula is C23H33FN4O7. The number of amides is 3.